The van der Waals surface area contributed by atoms with Crippen LogP contribution in [0.15, 0.2) is 76.7 Å². The second-order valence-electron chi connectivity index (χ2n) is 8.20. The van der Waals surface area contributed by atoms with E-state index in [1.807, 2.05) is 6.08 Å². The van der Waals surface area contributed by atoms with E-state index >= 15 is 0 Å². The fourth-order valence-electron chi connectivity index (χ4n) is 4.44. The first kappa shape index (κ1) is 16.9. The molecule has 1 aliphatic carbocycles. The van der Waals surface area contributed by atoms with Gasteiger partial charge in [0.25, 0.3) is 11.8 Å². The Labute approximate surface area is 164 Å². The van der Waals surface area contributed by atoms with Crippen LogP contribution in [0.5, 0.6) is 0 Å². The van der Waals surface area contributed by atoms with Gasteiger partial charge >= 0.3 is 0 Å². The monoisotopic (exact) mass is 369 g/mol. The highest BCUT2D eigenvalue weighted by molar-refractivity contribution is 6.21. The number of benzene rings is 1. The average molecular weight is 369 g/mol. The number of hydrogen-bond acceptors (Lipinski definition) is 3. The summed E-state index contributed by atoms with van der Waals surface area (Å²) in [4.78, 5) is 29.0. The molecule has 5 rings (SSSR count). The molecule has 28 heavy (non-hydrogen) atoms. The minimum absolute atomic E-state index is 0.164. The Morgan fingerprint density at radius 1 is 1.07 bits per heavy atom. The lowest BCUT2D eigenvalue weighted by atomic mass is 9.80. The van der Waals surface area contributed by atoms with Crippen molar-refractivity contribution in [1.82, 2.24) is 9.80 Å². The van der Waals surface area contributed by atoms with E-state index in [4.69, 9.17) is 0 Å². The number of hydrogen-bond donors (Lipinski definition) is 0. The lowest BCUT2D eigenvalue weighted by Crippen LogP contribution is -2.31. The van der Waals surface area contributed by atoms with Gasteiger partial charge in [-0.15, -0.1) is 0 Å². The zero-order chi connectivity index (χ0) is 19.6. The number of nitrogens with zero attached hydrogens (tertiary/aromatic N) is 2. The summed E-state index contributed by atoms with van der Waals surface area (Å²) in [6, 6.07) is 7.00. The molecule has 0 N–H and O–H groups in total. The van der Waals surface area contributed by atoms with Gasteiger partial charge in [-0.1, -0.05) is 23.8 Å². The molecule has 1 aromatic rings. The topological polar surface area (TPSA) is 40.6 Å². The van der Waals surface area contributed by atoms with Crippen LogP contribution < -0.4 is 0 Å². The second kappa shape index (κ2) is 5.63. The highest BCUT2D eigenvalue weighted by atomic mass is 16.2. The summed E-state index contributed by atoms with van der Waals surface area (Å²) in [5.41, 5.74) is 6.49. The van der Waals surface area contributed by atoms with Gasteiger partial charge in [-0.2, -0.15) is 0 Å². The molecule has 1 aromatic carbocycles. The van der Waals surface area contributed by atoms with Gasteiger partial charge in [0, 0.05) is 5.70 Å². The molecule has 0 radical (unpaired) electrons. The van der Waals surface area contributed by atoms with Crippen LogP contribution >= 0.6 is 0 Å². The maximum Gasteiger partial charge on any atom is 0.261 e. The van der Waals surface area contributed by atoms with E-state index in [1.165, 1.54) is 16.2 Å². The molecular formula is C24H21N2O2+. The Bertz CT molecular complexity index is 1060. The first-order chi connectivity index (χ1) is 13.4. The van der Waals surface area contributed by atoms with Crippen LogP contribution in [0.25, 0.3) is 0 Å². The lowest BCUT2D eigenvalue weighted by Gasteiger charge is -2.27. The van der Waals surface area contributed by atoms with Crippen molar-refractivity contribution >= 4 is 11.8 Å². The molecule has 3 heterocycles. The van der Waals surface area contributed by atoms with Gasteiger partial charge in [-0.05, 0) is 39.0 Å². The van der Waals surface area contributed by atoms with E-state index in [-0.39, 0.29) is 23.8 Å². The van der Waals surface area contributed by atoms with Crippen molar-refractivity contribution in [3.05, 3.63) is 93.9 Å². The normalized spacial score (nSPS) is 21.8. The zero-order valence-corrected chi connectivity index (χ0v) is 16.2. The van der Waals surface area contributed by atoms with Crippen molar-refractivity contribution in [2.45, 2.75) is 20.8 Å². The van der Waals surface area contributed by atoms with Crippen molar-refractivity contribution in [3.8, 4) is 0 Å². The van der Waals surface area contributed by atoms with E-state index in [9.17, 15) is 9.59 Å². The van der Waals surface area contributed by atoms with Crippen molar-refractivity contribution in [1.29, 1.82) is 0 Å². The number of carbonyl (C=O) groups excluding carboxylic acids is 2. The van der Waals surface area contributed by atoms with Crippen LogP contribution in [0.3, 0.4) is 0 Å². The molecule has 138 valence electrons. The summed E-state index contributed by atoms with van der Waals surface area (Å²) in [5.74, 6) is -0.456. The molecule has 0 saturated carbocycles. The molecule has 4 heteroatoms. The number of fused-ring (bicyclic) bond motifs is 3. The summed E-state index contributed by atoms with van der Waals surface area (Å²) in [5, 5.41) is 0. The van der Waals surface area contributed by atoms with Crippen LogP contribution in [0, 0.1) is 11.5 Å². The van der Waals surface area contributed by atoms with Crippen molar-refractivity contribution < 1.29 is 9.59 Å². The number of rotatable bonds is 2. The minimum atomic E-state index is -0.228. The maximum absolute atomic E-state index is 12.7. The van der Waals surface area contributed by atoms with Gasteiger partial charge in [-0.25, -0.2) is 0 Å². The molecule has 0 saturated heterocycles. The van der Waals surface area contributed by atoms with E-state index in [2.05, 4.69) is 50.0 Å². The Morgan fingerprint density at radius 3 is 2.43 bits per heavy atom. The van der Waals surface area contributed by atoms with Crippen LogP contribution in [0.2, 0.25) is 0 Å². The smallest absolute Gasteiger partial charge is 0.261 e. The van der Waals surface area contributed by atoms with E-state index in [0.717, 1.165) is 23.4 Å². The summed E-state index contributed by atoms with van der Waals surface area (Å²) >= 11 is 0. The Hall–Kier alpha value is -3.23. The standard InChI is InChI=1S/C24H21N2O2/c1-15-10-11-25-20-9-8-16(13-19(20)24(2,3)21(25)12-15)14-26-22(27)17-6-4-5-7-18(17)23(26)28/h4-10,12H,11,14H2,1-3H3/q+1. The van der Waals surface area contributed by atoms with E-state index < -0.39 is 0 Å². The molecule has 0 spiro atoms. The molecule has 4 nitrogen and oxygen atoms in total. The fraction of sp³-hybridized carbons (Fsp3) is 0.250. The third-order valence-corrected chi connectivity index (χ3v) is 6.00. The summed E-state index contributed by atoms with van der Waals surface area (Å²) in [6.45, 7) is 7.64. The predicted molar refractivity (Wildman–Crippen MR) is 107 cm³/mol. The average Bonchev–Trinajstić information content (AvgIpc) is 3.06. The molecule has 4 aliphatic rings. The predicted octanol–water partition coefficient (Wildman–Crippen LogP) is 4.02. The number of allylic oxidation sites excluding steroid dienone is 5. The van der Waals surface area contributed by atoms with Crippen molar-refractivity contribution in [3.63, 3.8) is 0 Å². The van der Waals surface area contributed by atoms with Gasteiger partial charge in [0.15, 0.2) is 11.3 Å². The maximum atomic E-state index is 12.7. The SMILES string of the molecule is CC1=CCN2C(=C1)C(C)(C)C1=C2C=CC(CN2C(=O)c3ccccc3C2=O)=[C+]1. The second-order valence-corrected chi connectivity index (χ2v) is 8.20. The molecule has 3 aliphatic heterocycles. The molecule has 0 fully saturated rings. The lowest BCUT2D eigenvalue weighted by molar-refractivity contribution is 0.0669. The summed E-state index contributed by atoms with van der Waals surface area (Å²) in [6.07, 6.45) is 12.1. The van der Waals surface area contributed by atoms with E-state index in [1.54, 1.807) is 24.3 Å². The van der Waals surface area contributed by atoms with Crippen molar-refractivity contribution in [2.24, 2.45) is 5.41 Å². The van der Waals surface area contributed by atoms with Crippen LogP contribution in [0.4, 0.5) is 0 Å². The number of carbonyl (C=O) groups is 2. The number of amides is 2. The van der Waals surface area contributed by atoms with Gasteiger partial charge in [0.1, 0.15) is 5.57 Å². The quantitative estimate of drug-likeness (QED) is 0.584. The van der Waals surface area contributed by atoms with Gasteiger partial charge in [0.2, 0.25) is 0 Å². The van der Waals surface area contributed by atoms with E-state index in [0.29, 0.717) is 11.1 Å². The van der Waals surface area contributed by atoms with Crippen LogP contribution in [0.1, 0.15) is 41.5 Å². The highest BCUT2D eigenvalue weighted by Crippen LogP contribution is 2.50. The largest absolute Gasteiger partial charge is 0.288 e. The number of imide groups is 1. The Balaban J connectivity index is 1.47. The van der Waals surface area contributed by atoms with Crippen LogP contribution in [-0.4, -0.2) is 34.7 Å². The molecule has 0 bridgehead atoms. The molecule has 0 atom stereocenters. The first-order valence-electron chi connectivity index (χ1n) is 9.55. The van der Waals surface area contributed by atoms with Crippen molar-refractivity contribution in [2.75, 3.05) is 13.1 Å². The fourth-order valence-corrected chi connectivity index (χ4v) is 4.44. The molecular weight excluding hydrogens is 348 g/mol. The summed E-state index contributed by atoms with van der Waals surface area (Å²) in [7, 11) is 0. The molecule has 2 amide bonds. The van der Waals surface area contributed by atoms with Gasteiger partial charge in [-0.3, -0.25) is 19.4 Å². The third-order valence-electron chi connectivity index (χ3n) is 6.00. The molecule has 0 aromatic heterocycles. The van der Waals surface area contributed by atoms with Gasteiger partial charge in [0.05, 0.1) is 47.9 Å². The first-order valence-corrected chi connectivity index (χ1v) is 9.55. The Kier molecular flexibility index (Phi) is 3.40. The highest BCUT2D eigenvalue weighted by Gasteiger charge is 2.48. The Morgan fingerprint density at radius 2 is 1.75 bits per heavy atom. The minimum Gasteiger partial charge on any atom is -0.288 e. The molecule has 0 unspecified atom stereocenters. The third kappa shape index (κ3) is 2.22. The van der Waals surface area contributed by atoms with Crippen LogP contribution in [-0.2, 0) is 0 Å². The zero-order valence-electron chi connectivity index (χ0n) is 16.2. The van der Waals surface area contributed by atoms with Gasteiger partial charge < -0.3 is 0 Å². The summed E-state index contributed by atoms with van der Waals surface area (Å²) < 4.78 is 0.